The molecule has 0 aliphatic carbocycles. The smallest absolute Gasteiger partial charge is 0.255 e. The standard InChI is InChI=1S/C24H23FN6O/c25-20-5-3-4-18(12-20)15-29-8-10-30(11-9-29)24(32)19-13-22-23(27-14-19)31(17-28-22)16-21-6-1-2-7-26-21/h1-7,12-14,17H,8-11,15-16H2. The van der Waals surface area contributed by atoms with Gasteiger partial charge in [0.05, 0.1) is 24.1 Å². The van der Waals surface area contributed by atoms with E-state index in [0.29, 0.717) is 37.3 Å². The molecule has 5 rings (SSSR count). The fourth-order valence-corrected chi connectivity index (χ4v) is 4.03. The first-order chi connectivity index (χ1) is 15.7. The van der Waals surface area contributed by atoms with Gasteiger partial charge in [0.2, 0.25) is 0 Å². The van der Waals surface area contributed by atoms with Crippen LogP contribution >= 0.6 is 0 Å². The highest BCUT2D eigenvalue weighted by atomic mass is 19.1. The Morgan fingerprint density at radius 3 is 2.59 bits per heavy atom. The maximum absolute atomic E-state index is 13.4. The van der Waals surface area contributed by atoms with Crippen molar-refractivity contribution >= 4 is 17.1 Å². The SMILES string of the molecule is O=C(c1cnc2c(c1)ncn2Cc1ccccn1)N1CCN(Cc2cccc(F)c2)CC1. The number of benzene rings is 1. The predicted molar refractivity (Wildman–Crippen MR) is 118 cm³/mol. The normalized spacial score (nSPS) is 14.7. The van der Waals surface area contributed by atoms with Crippen LogP contribution in [0.25, 0.3) is 11.2 Å². The number of nitrogens with zero attached hydrogens (tertiary/aromatic N) is 6. The molecule has 0 bridgehead atoms. The molecule has 0 radical (unpaired) electrons. The van der Waals surface area contributed by atoms with Crippen molar-refractivity contribution in [2.24, 2.45) is 0 Å². The number of imidazole rings is 1. The lowest BCUT2D eigenvalue weighted by molar-refractivity contribution is 0.0628. The monoisotopic (exact) mass is 430 g/mol. The number of hydrogen-bond acceptors (Lipinski definition) is 5. The Balaban J connectivity index is 1.23. The fourth-order valence-electron chi connectivity index (χ4n) is 4.03. The first kappa shape index (κ1) is 20.3. The summed E-state index contributed by atoms with van der Waals surface area (Å²) in [5.41, 5.74) is 3.83. The Hall–Kier alpha value is -3.65. The van der Waals surface area contributed by atoms with Gasteiger partial charge in [-0.15, -0.1) is 0 Å². The molecule has 8 heteroatoms. The summed E-state index contributed by atoms with van der Waals surface area (Å²) in [7, 11) is 0. The van der Waals surface area contributed by atoms with Crippen LogP contribution in [0.15, 0.2) is 67.3 Å². The molecule has 7 nitrogen and oxygen atoms in total. The molecular weight excluding hydrogens is 407 g/mol. The Bertz CT molecular complexity index is 1230. The zero-order valence-corrected chi connectivity index (χ0v) is 17.6. The van der Waals surface area contributed by atoms with Crippen LogP contribution in [0.2, 0.25) is 0 Å². The third kappa shape index (κ3) is 4.36. The number of amides is 1. The van der Waals surface area contributed by atoms with Crippen LogP contribution in [0.3, 0.4) is 0 Å². The van der Waals surface area contributed by atoms with Crippen molar-refractivity contribution < 1.29 is 9.18 Å². The minimum atomic E-state index is -0.221. The molecule has 4 heterocycles. The van der Waals surface area contributed by atoms with E-state index in [-0.39, 0.29) is 11.7 Å². The highest BCUT2D eigenvalue weighted by molar-refractivity contribution is 5.96. The Morgan fingerprint density at radius 2 is 1.81 bits per heavy atom. The molecule has 3 aromatic heterocycles. The molecule has 162 valence electrons. The zero-order chi connectivity index (χ0) is 21.9. The van der Waals surface area contributed by atoms with Gasteiger partial charge in [-0.2, -0.15) is 0 Å². The molecule has 0 N–H and O–H groups in total. The molecule has 0 saturated carbocycles. The van der Waals surface area contributed by atoms with Gasteiger partial charge in [-0.1, -0.05) is 18.2 Å². The maximum atomic E-state index is 13.4. The first-order valence-electron chi connectivity index (χ1n) is 10.6. The van der Waals surface area contributed by atoms with E-state index in [9.17, 15) is 9.18 Å². The average molecular weight is 430 g/mol. The number of piperazine rings is 1. The third-order valence-corrected chi connectivity index (χ3v) is 5.72. The minimum Gasteiger partial charge on any atom is -0.336 e. The molecule has 4 aromatic rings. The second-order valence-electron chi connectivity index (χ2n) is 7.96. The lowest BCUT2D eigenvalue weighted by Crippen LogP contribution is -2.48. The van der Waals surface area contributed by atoms with Crippen LogP contribution in [-0.4, -0.2) is 61.4 Å². The molecule has 32 heavy (non-hydrogen) atoms. The van der Waals surface area contributed by atoms with E-state index in [1.54, 1.807) is 36.9 Å². The predicted octanol–water partition coefficient (Wildman–Crippen LogP) is 2.97. The lowest BCUT2D eigenvalue weighted by Gasteiger charge is -2.34. The number of pyridine rings is 2. The van der Waals surface area contributed by atoms with Gasteiger partial charge in [0.1, 0.15) is 11.3 Å². The quantitative estimate of drug-likeness (QED) is 0.487. The van der Waals surface area contributed by atoms with E-state index >= 15 is 0 Å². The van der Waals surface area contributed by atoms with Gasteiger partial charge in [-0.3, -0.25) is 14.7 Å². The van der Waals surface area contributed by atoms with Crippen molar-refractivity contribution in [1.29, 1.82) is 0 Å². The molecule has 0 spiro atoms. The molecule has 1 aromatic carbocycles. The maximum Gasteiger partial charge on any atom is 0.255 e. The van der Waals surface area contributed by atoms with E-state index in [2.05, 4.69) is 19.9 Å². The molecule has 1 fully saturated rings. The van der Waals surface area contributed by atoms with Crippen molar-refractivity contribution in [1.82, 2.24) is 29.3 Å². The van der Waals surface area contributed by atoms with E-state index in [4.69, 9.17) is 0 Å². The molecule has 1 amide bonds. The Labute approximate surface area is 185 Å². The highest BCUT2D eigenvalue weighted by Crippen LogP contribution is 2.16. The van der Waals surface area contributed by atoms with Crippen molar-refractivity contribution in [3.63, 3.8) is 0 Å². The number of rotatable bonds is 5. The number of fused-ring (bicyclic) bond motifs is 1. The van der Waals surface area contributed by atoms with Gasteiger partial charge >= 0.3 is 0 Å². The highest BCUT2D eigenvalue weighted by Gasteiger charge is 2.23. The fraction of sp³-hybridized carbons (Fsp3) is 0.250. The van der Waals surface area contributed by atoms with E-state index in [0.717, 1.165) is 30.0 Å². The number of carbonyl (C=O) groups excluding carboxylic acids is 1. The third-order valence-electron chi connectivity index (χ3n) is 5.72. The van der Waals surface area contributed by atoms with Gasteiger partial charge < -0.3 is 9.47 Å². The molecular formula is C24H23FN6O. The van der Waals surface area contributed by atoms with Crippen LogP contribution in [0, 0.1) is 5.82 Å². The van der Waals surface area contributed by atoms with Gasteiger partial charge in [-0.25, -0.2) is 14.4 Å². The molecule has 0 unspecified atom stereocenters. The summed E-state index contributed by atoms with van der Waals surface area (Å²) in [5.74, 6) is -0.259. The summed E-state index contributed by atoms with van der Waals surface area (Å²) in [6.45, 7) is 4.00. The summed E-state index contributed by atoms with van der Waals surface area (Å²) >= 11 is 0. The van der Waals surface area contributed by atoms with Crippen LogP contribution in [0.1, 0.15) is 21.6 Å². The zero-order valence-electron chi connectivity index (χ0n) is 17.6. The summed E-state index contributed by atoms with van der Waals surface area (Å²) < 4.78 is 15.3. The first-order valence-corrected chi connectivity index (χ1v) is 10.6. The van der Waals surface area contributed by atoms with Crippen LogP contribution < -0.4 is 0 Å². The van der Waals surface area contributed by atoms with Crippen molar-refractivity contribution in [3.05, 3.63) is 89.9 Å². The van der Waals surface area contributed by atoms with E-state index < -0.39 is 0 Å². The summed E-state index contributed by atoms with van der Waals surface area (Å²) in [4.78, 5) is 30.4. The second-order valence-corrected chi connectivity index (χ2v) is 7.96. The Morgan fingerprint density at radius 1 is 0.938 bits per heavy atom. The van der Waals surface area contributed by atoms with Gasteiger partial charge in [0.15, 0.2) is 5.65 Å². The van der Waals surface area contributed by atoms with Crippen LogP contribution in [-0.2, 0) is 13.1 Å². The van der Waals surface area contributed by atoms with Crippen molar-refractivity contribution in [2.75, 3.05) is 26.2 Å². The Kier molecular flexibility index (Phi) is 5.60. The number of aromatic nitrogens is 4. The van der Waals surface area contributed by atoms with Crippen molar-refractivity contribution in [3.8, 4) is 0 Å². The number of halogens is 1. The van der Waals surface area contributed by atoms with Crippen LogP contribution in [0.5, 0.6) is 0 Å². The number of hydrogen-bond donors (Lipinski definition) is 0. The van der Waals surface area contributed by atoms with E-state index in [1.165, 1.54) is 6.07 Å². The molecule has 1 aliphatic rings. The second kappa shape index (κ2) is 8.84. The van der Waals surface area contributed by atoms with E-state index in [1.807, 2.05) is 33.7 Å². The van der Waals surface area contributed by atoms with Crippen LogP contribution in [0.4, 0.5) is 4.39 Å². The lowest BCUT2D eigenvalue weighted by atomic mass is 10.1. The topological polar surface area (TPSA) is 67.2 Å². The average Bonchev–Trinajstić information content (AvgIpc) is 3.22. The summed E-state index contributed by atoms with van der Waals surface area (Å²) in [6, 6.07) is 14.3. The summed E-state index contributed by atoms with van der Waals surface area (Å²) in [6.07, 6.45) is 5.11. The van der Waals surface area contributed by atoms with Crippen molar-refractivity contribution in [2.45, 2.75) is 13.1 Å². The van der Waals surface area contributed by atoms with Gasteiger partial charge in [-0.05, 0) is 35.9 Å². The number of carbonyl (C=O) groups is 1. The molecule has 1 saturated heterocycles. The molecule has 1 aliphatic heterocycles. The molecule has 0 atom stereocenters. The largest absolute Gasteiger partial charge is 0.336 e. The van der Waals surface area contributed by atoms with Gasteiger partial charge in [0.25, 0.3) is 5.91 Å². The van der Waals surface area contributed by atoms with Gasteiger partial charge in [0, 0.05) is 45.1 Å². The minimum absolute atomic E-state index is 0.0379. The summed E-state index contributed by atoms with van der Waals surface area (Å²) in [5, 5.41) is 0.